The Bertz CT molecular complexity index is 1380. The molecule has 188 valence electrons. The number of ether oxygens (including phenoxy) is 1. The first kappa shape index (κ1) is 26.2. The van der Waals surface area contributed by atoms with Crippen molar-refractivity contribution in [1.82, 2.24) is 19.2 Å². The highest BCUT2D eigenvalue weighted by atomic mass is 32.2. The average Bonchev–Trinajstić information content (AvgIpc) is 3.03. The summed E-state index contributed by atoms with van der Waals surface area (Å²) in [6.45, 7) is 3.49. The van der Waals surface area contributed by atoms with Gasteiger partial charge in [0.1, 0.15) is 5.83 Å². The Labute approximate surface area is 203 Å². The van der Waals surface area contributed by atoms with Crippen LogP contribution in [0, 0.1) is 13.8 Å². The fourth-order valence-corrected chi connectivity index (χ4v) is 4.71. The Kier molecular flexibility index (Phi) is 7.81. The maximum atomic E-state index is 14.7. The second-order valence-corrected chi connectivity index (χ2v) is 10.4. The Balaban J connectivity index is 2.03. The smallest absolute Gasteiger partial charge is 0.404 e. The van der Waals surface area contributed by atoms with Crippen LogP contribution in [0.4, 0.5) is 9.18 Å². The van der Waals surface area contributed by atoms with E-state index < -0.39 is 21.9 Å². The molecular weight excluding hydrogens is 475 g/mol. The highest BCUT2D eigenvalue weighted by Gasteiger charge is 2.20. The number of amides is 1. The molecule has 3 rings (SSSR count). The molecule has 0 aliphatic rings. The summed E-state index contributed by atoms with van der Waals surface area (Å²) in [5, 5.41) is 10.8. The number of aryl methyl sites for hydroxylation is 1. The molecule has 0 unspecified atom stereocenters. The number of methoxy groups -OCH3 is 1. The third kappa shape index (κ3) is 5.63. The number of halogens is 1. The number of nitrogens with one attached hydrogen (secondary N) is 1. The van der Waals surface area contributed by atoms with Crippen molar-refractivity contribution in [3.05, 3.63) is 64.6 Å². The Morgan fingerprint density at radius 2 is 1.91 bits per heavy atom. The van der Waals surface area contributed by atoms with E-state index in [2.05, 4.69) is 10.3 Å². The van der Waals surface area contributed by atoms with Crippen LogP contribution in [0.25, 0.3) is 11.0 Å². The van der Waals surface area contributed by atoms with Crippen LogP contribution in [0.1, 0.15) is 22.4 Å². The first-order chi connectivity index (χ1) is 16.4. The molecular formula is C24H29FN4O5S. The molecule has 1 amide bonds. The van der Waals surface area contributed by atoms with Crippen LogP contribution in [0.3, 0.4) is 0 Å². The fourth-order valence-electron chi connectivity index (χ4n) is 3.81. The zero-order valence-electron chi connectivity index (χ0n) is 20.3. The largest absolute Gasteiger partial charge is 0.481 e. The Morgan fingerprint density at radius 3 is 2.49 bits per heavy atom. The van der Waals surface area contributed by atoms with Gasteiger partial charge in [0.2, 0.25) is 15.9 Å². The second kappa shape index (κ2) is 10.4. The summed E-state index contributed by atoms with van der Waals surface area (Å²) in [4.78, 5) is 15.5. The minimum absolute atomic E-state index is 0.0862. The predicted octanol–water partition coefficient (Wildman–Crippen LogP) is 3.62. The highest BCUT2D eigenvalue weighted by molar-refractivity contribution is 7.89. The number of carboxylic acid groups (broad SMARTS) is 1. The summed E-state index contributed by atoms with van der Waals surface area (Å²) in [6, 6.07) is 8.52. The van der Waals surface area contributed by atoms with Gasteiger partial charge in [0.15, 0.2) is 0 Å². The van der Waals surface area contributed by atoms with Gasteiger partial charge in [-0.3, -0.25) is 0 Å². The zero-order valence-corrected chi connectivity index (χ0v) is 21.1. The molecule has 0 aliphatic heterocycles. The van der Waals surface area contributed by atoms with Crippen LogP contribution in [-0.2, 0) is 23.0 Å². The molecule has 3 aromatic rings. The summed E-state index contributed by atoms with van der Waals surface area (Å²) in [5.74, 6) is -0.0259. The van der Waals surface area contributed by atoms with Gasteiger partial charge in [-0.1, -0.05) is 12.1 Å². The second-order valence-electron chi connectivity index (χ2n) is 8.28. The molecule has 9 nitrogen and oxygen atoms in total. The van der Waals surface area contributed by atoms with E-state index in [0.717, 1.165) is 32.2 Å². The molecule has 2 heterocycles. The number of benzene rings is 1. The van der Waals surface area contributed by atoms with Gasteiger partial charge in [-0.2, -0.15) is 0 Å². The van der Waals surface area contributed by atoms with Crippen molar-refractivity contribution in [2.45, 2.75) is 31.7 Å². The van der Waals surface area contributed by atoms with Crippen LogP contribution in [0.2, 0.25) is 0 Å². The maximum Gasteiger partial charge on any atom is 0.404 e. The van der Waals surface area contributed by atoms with Crippen LogP contribution in [0.5, 0.6) is 5.88 Å². The van der Waals surface area contributed by atoms with E-state index in [9.17, 15) is 17.6 Å². The molecule has 2 aromatic heterocycles. The Morgan fingerprint density at radius 1 is 1.26 bits per heavy atom. The summed E-state index contributed by atoms with van der Waals surface area (Å²) >= 11 is 0. The molecule has 1 aromatic carbocycles. The molecule has 0 atom stereocenters. The number of pyridine rings is 1. The van der Waals surface area contributed by atoms with Gasteiger partial charge in [-0.15, -0.1) is 0 Å². The van der Waals surface area contributed by atoms with Crippen LogP contribution < -0.4 is 10.1 Å². The number of aromatic nitrogens is 2. The predicted molar refractivity (Wildman–Crippen MR) is 131 cm³/mol. The summed E-state index contributed by atoms with van der Waals surface area (Å²) in [7, 11) is 0.959. The quantitative estimate of drug-likeness (QED) is 0.460. The summed E-state index contributed by atoms with van der Waals surface area (Å²) in [5.41, 5.74) is 4.69. The van der Waals surface area contributed by atoms with Crippen molar-refractivity contribution in [3.63, 3.8) is 0 Å². The number of sulfonamides is 1. The number of fused-ring (bicyclic) bond motifs is 1. The van der Waals surface area contributed by atoms with Crippen molar-refractivity contribution >= 4 is 27.1 Å². The van der Waals surface area contributed by atoms with E-state index in [1.807, 2.05) is 19.9 Å². The minimum atomic E-state index is -3.54. The fraction of sp³-hybridized carbons (Fsp3) is 0.333. The number of hydrogen-bond acceptors (Lipinski definition) is 5. The van der Waals surface area contributed by atoms with Crippen molar-refractivity contribution in [2.75, 3.05) is 27.7 Å². The standard InChI is InChI=1S/C24H29FN4O5S/c1-15-12-21-22(27-23(15)34-5)20(16(2)29(21)14-18(25)10-11-26-24(30)31)13-17-6-8-19(9-7-17)35(32,33)28(3)4/h6-10,12,26H,11,13-14H2,1-5H3,(H,30,31)/b18-10-. The normalized spacial score (nSPS) is 12.4. The average molecular weight is 505 g/mol. The first-order valence-electron chi connectivity index (χ1n) is 10.8. The summed E-state index contributed by atoms with van der Waals surface area (Å²) in [6.07, 6.45) is 0.408. The molecule has 2 N–H and O–H groups in total. The van der Waals surface area contributed by atoms with Crippen LogP contribution >= 0.6 is 0 Å². The molecule has 0 radical (unpaired) electrons. The van der Waals surface area contributed by atoms with Crippen molar-refractivity contribution in [3.8, 4) is 5.88 Å². The lowest BCUT2D eigenvalue weighted by atomic mass is 10.0. The molecule has 0 spiro atoms. The third-order valence-electron chi connectivity index (χ3n) is 5.73. The van der Waals surface area contributed by atoms with Gasteiger partial charge in [-0.25, -0.2) is 26.9 Å². The molecule has 0 aliphatic carbocycles. The van der Waals surface area contributed by atoms with Crippen molar-refractivity contribution in [2.24, 2.45) is 0 Å². The van der Waals surface area contributed by atoms with Gasteiger partial charge in [0, 0.05) is 43.9 Å². The third-order valence-corrected chi connectivity index (χ3v) is 7.56. The number of rotatable bonds is 9. The number of allylic oxidation sites excluding steroid dienone is 1. The van der Waals surface area contributed by atoms with E-state index in [0.29, 0.717) is 17.8 Å². The van der Waals surface area contributed by atoms with Gasteiger partial charge < -0.3 is 19.7 Å². The van der Waals surface area contributed by atoms with E-state index in [1.54, 1.807) is 28.8 Å². The van der Waals surface area contributed by atoms with E-state index in [1.165, 1.54) is 27.3 Å². The SMILES string of the molecule is COc1nc2c(Cc3ccc(S(=O)(=O)N(C)C)cc3)c(C)n(C/C(F)=C/CNC(=O)O)c2cc1C. The summed E-state index contributed by atoms with van der Waals surface area (Å²) < 4.78 is 47.7. The Hall–Kier alpha value is -3.44. The monoisotopic (exact) mass is 504 g/mol. The van der Waals surface area contributed by atoms with Gasteiger partial charge >= 0.3 is 6.09 Å². The van der Waals surface area contributed by atoms with Gasteiger partial charge in [0.25, 0.3) is 0 Å². The molecule has 0 bridgehead atoms. The number of carbonyl (C=O) groups is 1. The number of nitrogens with zero attached hydrogens (tertiary/aromatic N) is 3. The van der Waals surface area contributed by atoms with Gasteiger partial charge in [0.05, 0.1) is 29.6 Å². The zero-order chi connectivity index (χ0) is 25.9. The van der Waals surface area contributed by atoms with Crippen LogP contribution in [-0.4, -0.2) is 61.2 Å². The van der Waals surface area contributed by atoms with Crippen molar-refractivity contribution < 1.29 is 27.4 Å². The lowest BCUT2D eigenvalue weighted by Crippen LogP contribution is -2.22. The topological polar surface area (TPSA) is 114 Å². The van der Waals surface area contributed by atoms with Crippen LogP contribution in [0.15, 0.2) is 47.1 Å². The minimum Gasteiger partial charge on any atom is -0.481 e. The maximum absolute atomic E-state index is 14.7. The molecule has 35 heavy (non-hydrogen) atoms. The van der Waals surface area contributed by atoms with E-state index >= 15 is 0 Å². The lowest BCUT2D eigenvalue weighted by Gasteiger charge is -2.12. The highest BCUT2D eigenvalue weighted by Crippen LogP contribution is 2.31. The van der Waals surface area contributed by atoms with E-state index in [4.69, 9.17) is 9.84 Å². The van der Waals surface area contributed by atoms with Crippen molar-refractivity contribution in [1.29, 1.82) is 0 Å². The number of hydrogen-bond donors (Lipinski definition) is 2. The molecule has 0 saturated heterocycles. The lowest BCUT2D eigenvalue weighted by molar-refractivity contribution is 0.195. The molecule has 0 fully saturated rings. The first-order valence-corrected chi connectivity index (χ1v) is 12.3. The van der Waals surface area contributed by atoms with E-state index in [-0.39, 0.29) is 18.0 Å². The van der Waals surface area contributed by atoms with Gasteiger partial charge in [-0.05, 0) is 43.7 Å². The molecule has 11 heteroatoms. The molecule has 0 saturated carbocycles.